The van der Waals surface area contributed by atoms with E-state index in [1.54, 1.807) is 13.8 Å². The second-order valence-corrected chi connectivity index (χ2v) is 6.58. The largest absolute Gasteiger partial charge is 0.478 e. The van der Waals surface area contributed by atoms with Crippen LogP contribution in [0, 0.1) is 0 Å². The highest BCUT2D eigenvalue weighted by molar-refractivity contribution is 6.13. The summed E-state index contributed by atoms with van der Waals surface area (Å²) in [5.74, 6) is -5.23. The second kappa shape index (κ2) is 9.66. The van der Waals surface area contributed by atoms with Crippen LogP contribution in [0.2, 0.25) is 0 Å². The summed E-state index contributed by atoms with van der Waals surface area (Å²) in [4.78, 5) is 60.1. The Kier molecular flexibility index (Phi) is 7.25. The van der Waals surface area contributed by atoms with Crippen LogP contribution in [0.1, 0.15) is 77.6 Å². The molecule has 0 amide bonds. The molecule has 0 saturated carbocycles. The molecule has 0 spiro atoms. The first-order valence-electron chi connectivity index (χ1n) is 9.19. The highest BCUT2D eigenvalue weighted by Crippen LogP contribution is 2.20. The van der Waals surface area contributed by atoms with E-state index in [2.05, 4.69) is 4.74 Å². The molecule has 0 saturated heterocycles. The Hall–Kier alpha value is -4.01. The number of carboxylic acid groups (broad SMARTS) is 2. The Morgan fingerprint density at radius 2 is 1.26 bits per heavy atom. The Morgan fingerprint density at radius 1 is 0.806 bits per heavy atom. The van der Waals surface area contributed by atoms with Crippen LogP contribution in [-0.2, 0) is 9.47 Å². The molecule has 31 heavy (non-hydrogen) atoms. The fourth-order valence-electron chi connectivity index (χ4n) is 2.69. The topological polar surface area (TPSA) is 144 Å². The number of carbonyl (C=O) groups is 5. The number of ketones is 1. The number of aromatic carboxylic acids is 2. The van der Waals surface area contributed by atoms with Crippen LogP contribution in [0.15, 0.2) is 36.4 Å². The average Bonchev–Trinajstić information content (AvgIpc) is 2.76. The maximum Gasteiger partial charge on any atom is 0.339 e. The standard InChI is InChI=1S/C22H20O9/c1-4-11(2)31-22(29)17-10-13(6-8-15(17)20(26)27)18(23)12-5-7-14(19(24)25)16(9-12)21(28)30-3/h5-11H,4H2,1-3H3,(H,24,25)(H,26,27). The van der Waals surface area contributed by atoms with E-state index < -0.39 is 35.8 Å². The van der Waals surface area contributed by atoms with Crippen molar-refractivity contribution in [1.82, 2.24) is 0 Å². The van der Waals surface area contributed by atoms with E-state index in [4.69, 9.17) is 4.74 Å². The number of esters is 2. The highest BCUT2D eigenvalue weighted by Gasteiger charge is 2.24. The first-order chi connectivity index (χ1) is 14.6. The zero-order chi connectivity index (χ0) is 23.3. The van der Waals surface area contributed by atoms with Crippen molar-refractivity contribution in [2.24, 2.45) is 0 Å². The summed E-state index contributed by atoms with van der Waals surface area (Å²) in [6.45, 7) is 3.43. The summed E-state index contributed by atoms with van der Waals surface area (Å²) < 4.78 is 9.75. The van der Waals surface area contributed by atoms with E-state index >= 15 is 0 Å². The van der Waals surface area contributed by atoms with Crippen LogP contribution in [-0.4, -0.2) is 53.1 Å². The van der Waals surface area contributed by atoms with Gasteiger partial charge in [0.15, 0.2) is 5.78 Å². The van der Waals surface area contributed by atoms with Gasteiger partial charge in [-0.1, -0.05) is 19.1 Å². The summed E-state index contributed by atoms with van der Waals surface area (Å²) in [5.41, 5.74) is -1.38. The maximum atomic E-state index is 12.9. The summed E-state index contributed by atoms with van der Waals surface area (Å²) in [5, 5.41) is 18.6. The van der Waals surface area contributed by atoms with Gasteiger partial charge in [0.25, 0.3) is 0 Å². The van der Waals surface area contributed by atoms with Gasteiger partial charge in [0, 0.05) is 11.1 Å². The number of hydrogen-bond donors (Lipinski definition) is 2. The van der Waals surface area contributed by atoms with Crippen molar-refractivity contribution in [2.45, 2.75) is 26.4 Å². The van der Waals surface area contributed by atoms with E-state index in [0.717, 1.165) is 31.4 Å². The summed E-state index contributed by atoms with van der Waals surface area (Å²) in [7, 11) is 1.07. The number of carbonyl (C=O) groups excluding carboxylic acids is 3. The molecule has 1 atom stereocenters. The molecule has 2 aromatic rings. The molecule has 0 aliphatic rings. The van der Waals surface area contributed by atoms with Gasteiger partial charge in [-0.2, -0.15) is 0 Å². The maximum absolute atomic E-state index is 12.9. The van der Waals surface area contributed by atoms with Gasteiger partial charge in [-0.15, -0.1) is 0 Å². The summed E-state index contributed by atoms with van der Waals surface area (Å²) in [6.07, 6.45) is 0.0543. The fraction of sp³-hybridized carbons (Fsp3) is 0.227. The molecule has 0 heterocycles. The van der Waals surface area contributed by atoms with Crippen LogP contribution in [0.4, 0.5) is 0 Å². The molecule has 0 aliphatic carbocycles. The SMILES string of the molecule is CCC(C)OC(=O)c1cc(C(=O)c2ccc(C(=O)O)c(C(=O)OC)c2)ccc1C(=O)O. The Morgan fingerprint density at radius 3 is 1.65 bits per heavy atom. The molecule has 9 nitrogen and oxygen atoms in total. The summed E-state index contributed by atoms with van der Waals surface area (Å²) in [6, 6.07) is 6.79. The van der Waals surface area contributed by atoms with E-state index in [-0.39, 0.29) is 33.4 Å². The Labute approximate surface area is 177 Å². The number of carboxylic acids is 2. The van der Waals surface area contributed by atoms with Crippen molar-refractivity contribution in [3.63, 3.8) is 0 Å². The molecular weight excluding hydrogens is 408 g/mol. The molecule has 0 bridgehead atoms. The van der Waals surface area contributed by atoms with Gasteiger partial charge in [0.05, 0.1) is 35.5 Å². The minimum absolute atomic E-state index is 0.0417. The lowest BCUT2D eigenvalue weighted by Crippen LogP contribution is -2.18. The number of rotatable bonds is 8. The predicted molar refractivity (Wildman–Crippen MR) is 107 cm³/mol. The van der Waals surface area contributed by atoms with Gasteiger partial charge in [0.2, 0.25) is 0 Å². The van der Waals surface area contributed by atoms with Gasteiger partial charge in [-0.25, -0.2) is 19.2 Å². The fourth-order valence-corrected chi connectivity index (χ4v) is 2.69. The molecule has 2 N–H and O–H groups in total. The van der Waals surface area contributed by atoms with E-state index in [1.165, 1.54) is 12.1 Å². The van der Waals surface area contributed by atoms with Crippen molar-refractivity contribution < 1.29 is 43.7 Å². The highest BCUT2D eigenvalue weighted by atomic mass is 16.5. The van der Waals surface area contributed by atoms with Gasteiger partial charge < -0.3 is 19.7 Å². The molecule has 0 aromatic heterocycles. The second-order valence-electron chi connectivity index (χ2n) is 6.58. The van der Waals surface area contributed by atoms with Crippen LogP contribution in [0.25, 0.3) is 0 Å². The summed E-state index contributed by atoms with van der Waals surface area (Å²) >= 11 is 0. The molecule has 0 radical (unpaired) electrons. The van der Waals surface area contributed by atoms with Gasteiger partial charge >= 0.3 is 23.9 Å². The number of methoxy groups -OCH3 is 1. The van der Waals surface area contributed by atoms with Crippen molar-refractivity contribution in [3.05, 3.63) is 69.8 Å². The zero-order valence-electron chi connectivity index (χ0n) is 17.0. The van der Waals surface area contributed by atoms with Crippen LogP contribution >= 0.6 is 0 Å². The lowest BCUT2D eigenvalue weighted by molar-refractivity contribution is 0.0328. The lowest BCUT2D eigenvalue weighted by Gasteiger charge is -2.13. The first kappa shape index (κ1) is 23.3. The van der Waals surface area contributed by atoms with Crippen molar-refractivity contribution in [3.8, 4) is 0 Å². The third-order valence-electron chi connectivity index (χ3n) is 4.53. The molecule has 2 aromatic carbocycles. The third-order valence-corrected chi connectivity index (χ3v) is 4.53. The number of benzene rings is 2. The van der Waals surface area contributed by atoms with E-state index in [9.17, 15) is 34.2 Å². The van der Waals surface area contributed by atoms with Gasteiger partial charge in [-0.3, -0.25) is 4.79 Å². The van der Waals surface area contributed by atoms with E-state index in [1.807, 2.05) is 0 Å². The molecule has 0 aliphatic heterocycles. The molecule has 1 unspecified atom stereocenters. The van der Waals surface area contributed by atoms with Crippen LogP contribution < -0.4 is 0 Å². The Bertz CT molecular complexity index is 1070. The van der Waals surface area contributed by atoms with Crippen LogP contribution in [0.5, 0.6) is 0 Å². The lowest BCUT2D eigenvalue weighted by atomic mass is 9.95. The normalized spacial score (nSPS) is 11.3. The average molecular weight is 428 g/mol. The quantitative estimate of drug-likeness (QED) is 0.478. The van der Waals surface area contributed by atoms with Gasteiger partial charge in [0.1, 0.15) is 0 Å². The van der Waals surface area contributed by atoms with Gasteiger partial charge in [-0.05, 0) is 37.6 Å². The molecule has 0 fully saturated rings. The Balaban J connectivity index is 2.54. The smallest absolute Gasteiger partial charge is 0.339 e. The third kappa shape index (κ3) is 5.13. The molecular formula is C22H20O9. The molecule has 2 rings (SSSR count). The van der Waals surface area contributed by atoms with Crippen LogP contribution in [0.3, 0.4) is 0 Å². The van der Waals surface area contributed by atoms with Crippen molar-refractivity contribution >= 4 is 29.7 Å². The molecule has 9 heteroatoms. The van der Waals surface area contributed by atoms with Crippen molar-refractivity contribution in [1.29, 1.82) is 0 Å². The predicted octanol–water partition coefficient (Wildman–Crippen LogP) is 3.06. The zero-order valence-corrected chi connectivity index (χ0v) is 17.0. The minimum Gasteiger partial charge on any atom is -0.478 e. The molecule has 162 valence electrons. The number of ether oxygens (including phenoxy) is 2. The van der Waals surface area contributed by atoms with Crippen molar-refractivity contribution in [2.75, 3.05) is 7.11 Å². The monoisotopic (exact) mass is 428 g/mol. The number of hydrogen-bond acceptors (Lipinski definition) is 7. The van der Waals surface area contributed by atoms with E-state index in [0.29, 0.717) is 6.42 Å². The minimum atomic E-state index is -1.37. The first-order valence-corrected chi connectivity index (χ1v) is 9.19.